The highest BCUT2D eigenvalue weighted by Gasteiger charge is 2.28. The molecule has 24 heavy (non-hydrogen) atoms. The van der Waals surface area contributed by atoms with E-state index in [1.54, 1.807) is 0 Å². The maximum Gasteiger partial charge on any atom is 0.348 e. The van der Waals surface area contributed by atoms with E-state index >= 15 is 0 Å². The van der Waals surface area contributed by atoms with Crippen LogP contribution in [0.3, 0.4) is 0 Å². The lowest BCUT2D eigenvalue weighted by atomic mass is 10.0. The van der Waals surface area contributed by atoms with Gasteiger partial charge in [0.15, 0.2) is 0 Å². The van der Waals surface area contributed by atoms with Gasteiger partial charge < -0.3 is 19.9 Å². The molecule has 0 aliphatic heterocycles. The Kier molecular flexibility index (Phi) is 6.19. The Balaban J connectivity index is 2.15. The van der Waals surface area contributed by atoms with E-state index in [2.05, 4.69) is 0 Å². The summed E-state index contributed by atoms with van der Waals surface area (Å²) in [5.74, 6) is -1.31. The quantitative estimate of drug-likeness (QED) is 0.617. The third-order valence-electron chi connectivity index (χ3n) is 4.10. The van der Waals surface area contributed by atoms with Crippen molar-refractivity contribution in [1.82, 2.24) is 0 Å². The molecule has 8 heteroatoms. The van der Waals surface area contributed by atoms with Crippen LogP contribution >= 0.6 is 11.3 Å². The molecular formula is C16H21NO6S. The van der Waals surface area contributed by atoms with Crippen molar-refractivity contribution in [2.75, 3.05) is 20.0 Å². The number of nitrogens with two attached hydrogens (primary N) is 1. The van der Waals surface area contributed by atoms with Crippen LogP contribution < -0.4 is 5.73 Å². The number of hydrogen-bond donors (Lipinski definition) is 1. The Morgan fingerprint density at radius 1 is 1.12 bits per heavy atom. The van der Waals surface area contributed by atoms with Crippen LogP contribution in [0.2, 0.25) is 0 Å². The number of rotatable bonds is 6. The van der Waals surface area contributed by atoms with Crippen molar-refractivity contribution < 1.29 is 28.6 Å². The van der Waals surface area contributed by atoms with Crippen LogP contribution in [0, 0.1) is 5.92 Å². The molecule has 7 nitrogen and oxygen atoms in total. The topological polar surface area (TPSA) is 105 Å². The van der Waals surface area contributed by atoms with Crippen LogP contribution in [0.4, 0.5) is 5.00 Å². The summed E-state index contributed by atoms with van der Waals surface area (Å²) in [5.41, 5.74) is 6.10. The summed E-state index contributed by atoms with van der Waals surface area (Å²) in [6, 6.07) is 0. The van der Waals surface area contributed by atoms with Crippen LogP contribution in [0.25, 0.3) is 0 Å². The number of methoxy groups -OCH3 is 2. The largest absolute Gasteiger partial charge is 0.465 e. The summed E-state index contributed by atoms with van der Waals surface area (Å²) in [6.07, 6.45) is 4.68. The standard InChI is InChI=1S/C16H21NO6S/c1-21-15(19)12-10(13(16(20)22-2)24-14(12)17)8-23-11(18)7-9-5-3-4-6-9/h9H,3-8,17H2,1-2H3. The average molecular weight is 355 g/mol. The number of ether oxygens (including phenoxy) is 3. The molecule has 0 aromatic carbocycles. The van der Waals surface area contributed by atoms with Crippen LogP contribution in [0.15, 0.2) is 0 Å². The summed E-state index contributed by atoms with van der Waals surface area (Å²) in [4.78, 5) is 35.9. The molecule has 0 radical (unpaired) electrons. The van der Waals surface area contributed by atoms with E-state index in [-0.39, 0.29) is 33.6 Å². The van der Waals surface area contributed by atoms with Crippen LogP contribution in [-0.2, 0) is 25.6 Å². The van der Waals surface area contributed by atoms with Gasteiger partial charge in [0.05, 0.1) is 14.2 Å². The van der Waals surface area contributed by atoms with E-state index in [0.717, 1.165) is 37.0 Å². The van der Waals surface area contributed by atoms with Crippen molar-refractivity contribution in [1.29, 1.82) is 0 Å². The minimum atomic E-state index is -0.680. The van der Waals surface area contributed by atoms with Gasteiger partial charge in [-0.05, 0) is 18.8 Å². The predicted molar refractivity (Wildman–Crippen MR) is 87.8 cm³/mol. The fraction of sp³-hybridized carbons (Fsp3) is 0.562. The zero-order valence-corrected chi connectivity index (χ0v) is 14.6. The fourth-order valence-electron chi connectivity index (χ4n) is 2.87. The molecule has 0 bridgehead atoms. The Bertz CT molecular complexity index is 633. The van der Waals surface area contributed by atoms with Gasteiger partial charge in [-0.15, -0.1) is 11.3 Å². The zero-order valence-electron chi connectivity index (χ0n) is 13.8. The lowest BCUT2D eigenvalue weighted by molar-refractivity contribution is -0.146. The Hall–Kier alpha value is -2.09. The molecule has 0 amide bonds. The van der Waals surface area contributed by atoms with Crippen LogP contribution in [-0.4, -0.2) is 32.1 Å². The van der Waals surface area contributed by atoms with Crippen molar-refractivity contribution in [2.45, 2.75) is 38.7 Å². The Morgan fingerprint density at radius 3 is 2.33 bits per heavy atom. The second-order valence-corrected chi connectivity index (χ2v) is 6.70. The Morgan fingerprint density at radius 2 is 1.75 bits per heavy atom. The highest BCUT2D eigenvalue weighted by molar-refractivity contribution is 7.18. The molecule has 132 valence electrons. The van der Waals surface area contributed by atoms with Crippen molar-refractivity contribution >= 4 is 34.2 Å². The monoisotopic (exact) mass is 355 g/mol. The lowest BCUT2D eigenvalue weighted by Crippen LogP contribution is -2.14. The number of nitrogen functional groups attached to an aromatic ring is 1. The van der Waals surface area contributed by atoms with Crippen LogP contribution in [0.1, 0.15) is 57.7 Å². The number of anilines is 1. The summed E-state index contributed by atoms with van der Waals surface area (Å²) in [5, 5.41) is 0.129. The maximum absolute atomic E-state index is 12.0. The third kappa shape index (κ3) is 4.05. The van der Waals surface area contributed by atoms with E-state index < -0.39 is 11.9 Å². The number of esters is 3. The number of thiophene rings is 1. The molecule has 1 heterocycles. The molecule has 0 spiro atoms. The molecule has 1 fully saturated rings. The molecule has 1 aromatic heterocycles. The lowest BCUT2D eigenvalue weighted by Gasteiger charge is -2.10. The third-order valence-corrected chi connectivity index (χ3v) is 5.14. The summed E-state index contributed by atoms with van der Waals surface area (Å²) in [6.45, 7) is -0.214. The average Bonchev–Trinajstić information content (AvgIpc) is 3.19. The van der Waals surface area contributed by atoms with Crippen molar-refractivity contribution in [3.63, 3.8) is 0 Å². The van der Waals surface area contributed by atoms with Gasteiger partial charge in [-0.1, -0.05) is 12.8 Å². The predicted octanol–water partition coefficient (Wildman–Crippen LogP) is 2.53. The van der Waals surface area contributed by atoms with Gasteiger partial charge in [-0.3, -0.25) is 4.79 Å². The molecule has 1 aliphatic carbocycles. The first kappa shape index (κ1) is 18.3. The van der Waals surface area contributed by atoms with Gasteiger partial charge in [0.25, 0.3) is 0 Å². The van der Waals surface area contributed by atoms with Gasteiger partial charge in [-0.2, -0.15) is 0 Å². The fourth-order valence-corrected chi connectivity index (χ4v) is 3.85. The summed E-state index contributed by atoms with van der Waals surface area (Å²) < 4.78 is 14.7. The first-order valence-electron chi connectivity index (χ1n) is 7.71. The van der Waals surface area contributed by atoms with Crippen molar-refractivity contribution in [3.8, 4) is 0 Å². The van der Waals surface area contributed by atoms with E-state index in [9.17, 15) is 14.4 Å². The van der Waals surface area contributed by atoms with Gasteiger partial charge in [-0.25, -0.2) is 9.59 Å². The molecule has 2 N–H and O–H groups in total. The molecule has 1 saturated carbocycles. The van der Waals surface area contributed by atoms with Gasteiger partial charge in [0.2, 0.25) is 0 Å². The second-order valence-electron chi connectivity index (χ2n) is 5.65. The van der Waals surface area contributed by atoms with E-state index in [1.807, 2.05) is 0 Å². The van der Waals surface area contributed by atoms with Crippen LogP contribution in [0.5, 0.6) is 0 Å². The molecule has 0 unspecified atom stereocenters. The normalized spacial score (nSPS) is 14.4. The van der Waals surface area contributed by atoms with Crippen molar-refractivity contribution in [2.24, 2.45) is 5.92 Å². The van der Waals surface area contributed by atoms with Crippen molar-refractivity contribution in [3.05, 3.63) is 16.0 Å². The van der Waals surface area contributed by atoms with Gasteiger partial charge in [0.1, 0.15) is 22.0 Å². The smallest absolute Gasteiger partial charge is 0.348 e. The van der Waals surface area contributed by atoms with Gasteiger partial charge in [0, 0.05) is 12.0 Å². The molecule has 2 rings (SSSR count). The first-order chi connectivity index (χ1) is 11.5. The number of carbonyl (C=O) groups excluding carboxylic acids is 3. The molecule has 1 aliphatic rings. The van der Waals surface area contributed by atoms with Gasteiger partial charge >= 0.3 is 17.9 Å². The molecule has 0 atom stereocenters. The highest BCUT2D eigenvalue weighted by atomic mass is 32.1. The second kappa shape index (κ2) is 8.14. The summed E-state index contributed by atoms with van der Waals surface area (Å²) >= 11 is 0.913. The number of hydrogen-bond acceptors (Lipinski definition) is 8. The maximum atomic E-state index is 12.0. The molecule has 0 saturated heterocycles. The molecule has 1 aromatic rings. The highest BCUT2D eigenvalue weighted by Crippen LogP contribution is 2.33. The van der Waals surface area contributed by atoms with E-state index in [4.69, 9.17) is 19.9 Å². The number of carbonyl (C=O) groups is 3. The SMILES string of the molecule is COC(=O)c1sc(N)c(C(=O)OC)c1COC(=O)CC1CCCC1. The first-order valence-corrected chi connectivity index (χ1v) is 8.53. The minimum Gasteiger partial charge on any atom is -0.465 e. The van der Waals surface area contributed by atoms with E-state index in [1.165, 1.54) is 14.2 Å². The zero-order chi connectivity index (χ0) is 17.7. The Labute approximate surface area is 144 Å². The molecular weight excluding hydrogens is 334 g/mol. The summed E-state index contributed by atoms with van der Waals surface area (Å²) in [7, 11) is 2.44. The minimum absolute atomic E-state index is 0.0524. The van der Waals surface area contributed by atoms with E-state index in [0.29, 0.717) is 12.3 Å².